The summed E-state index contributed by atoms with van der Waals surface area (Å²) in [6.07, 6.45) is 0.751. The van der Waals surface area contributed by atoms with Crippen molar-refractivity contribution in [2.75, 3.05) is 23.8 Å². The van der Waals surface area contributed by atoms with Gasteiger partial charge in [0.05, 0.1) is 30.4 Å². The molecule has 1 aliphatic rings. The van der Waals surface area contributed by atoms with Crippen LogP contribution in [-0.4, -0.2) is 52.8 Å². The number of benzene rings is 2. The minimum absolute atomic E-state index is 0.164. The molecule has 2 heterocycles. The van der Waals surface area contributed by atoms with Crippen molar-refractivity contribution >= 4 is 69.3 Å². The number of nitrogens with zero attached hydrogens (tertiary/aromatic N) is 1. The van der Waals surface area contributed by atoms with E-state index in [0.29, 0.717) is 40.7 Å². The molecule has 0 fully saturated rings. The molecule has 0 radical (unpaired) electrons. The number of ether oxygens (including phenoxy) is 2. The van der Waals surface area contributed by atoms with Gasteiger partial charge >= 0.3 is 12.1 Å². The number of thiophene rings is 1. The maximum absolute atomic E-state index is 13.6. The second-order valence-corrected chi connectivity index (χ2v) is 14.3. The van der Waals surface area contributed by atoms with Gasteiger partial charge in [0, 0.05) is 27.0 Å². The van der Waals surface area contributed by atoms with E-state index in [9.17, 15) is 19.2 Å². The van der Waals surface area contributed by atoms with Crippen LogP contribution in [0, 0.1) is 0 Å². The van der Waals surface area contributed by atoms with Gasteiger partial charge in [0.1, 0.15) is 10.6 Å². The predicted molar refractivity (Wildman–Crippen MR) is 179 cm³/mol. The average Bonchev–Trinajstić information content (AvgIpc) is 3.33. The summed E-state index contributed by atoms with van der Waals surface area (Å²) in [7, 11) is 0. The quantitative estimate of drug-likeness (QED) is 0.169. The van der Waals surface area contributed by atoms with Crippen molar-refractivity contribution in [3.8, 4) is 0 Å². The Hall–Kier alpha value is -3.54. The number of carbonyl (C=O) groups excluding carboxylic acids is 4. The molecule has 0 saturated carbocycles. The highest BCUT2D eigenvalue weighted by Gasteiger charge is 2.33. The zero-order valence-corrected chi connectivity index (χ0v) is 28.4. The van der Waals surface area contributed by atoms with Gasteiger partial charge < -0.3 is 25.0 Å². The summed E-state index contributed by atoms with van der Waals surface area (Å²) in [5.41, 5.74) is 1.98. The van der Waals surface area contributed by atoms with E-state index >= 15 is 0 Å². The summed E-state index contributed by atoms with van der Waals surface area (Å²) in [5, 5.41) is 6.45. The van der Waals surface area contributed by atoms with Gasteiger partial charge in [-0.25, -0.2) is 9.59 Å². The second kappa shape index (κ2) is 15.2. The highest BCUT2D eigenvalue weighted by atomic mass is 35.5. The van der Waals surface area contributed by atoms with E-state index in [1.54, 1.807) is 30.0 Å². The monoisotopic (exact) mass is 671 g/mol. The summed E-state index contributed by atoms with van der Waals surface area (Å²) in [6.45, 7) is 9.95. The first-order chi connectivity index (χ1) is 21.4. The lowest BCUT2D eigenvalue weighted by molar-refractivity contribution is -0.116. The number of hydrogen-bond acceptors (Lipinski definition) is 8. The van der Waals surface area contributed by atoms with Crippen molar-refractivity contribution in [3.05, 3.63) is 75.1 Å². The Morgan fingerprint density at radius 3 is 2.47 bits per heavy atom. The standard InChI is InChI=1S/C33H38ClN3O6S2/c1-6-25(44-23-10-8-9-22(18-23)35-27(38)17-20-11-13-21(34)14-12-20)29(39)36-30-28(31(40)42-7-2)24-15-16-37(19-26(24)45-30)32(41)43-33(3,4)5/h8-14,18,25H,6-7,15-17,19H2,1-5H3,(H,35,38)(H,36,39). The van der Waals surface area contributed by atoms with Gasteiger partial charge in [-0.2, -0.15) is 0 Å². The predicted octanol–water partition coefficient (Wildman–Crippen LogP) is 7.56. The highest BCUT2D eigenvalue weighted by Crippen LogP contribution is 2.39. The van der Waals surface area contributed by atoms with Crippen LogP contribution in [0.1, 0.15) is 67.4 Å². The number of rotatable bonds is 10. The Morgan fingerprint density at radius 1 is 1.07 bits per heavy atom. The molecule has 0 spiro atoms. The molecular weight excluding hydrogens is 634 g/mol. The van der Waals surface area contributed by atoms with Gasteiger partial charge in [-0.1, -0.05) is 36.7 Å². The molecule has 3 amide bonds. The topological polar surface area (TPSA) is 114 Å². The maximum atomic E-state index is 13.6. The number of amides is 3. The van der Waals surface area contributed by atoms with E-state index in [-0.39, 0.29) is 31.4 Å². The lowest BCUT2D eigenvalue weighted by atomic mass is 10.0. The van der Waals surface area contributed by atoms with E-state index in [2.05, 4.69) is 10.6 Å². The summed E-state index contributed by atoms with van der Waals surface area (Å²) >= 11 is 8.59. The lowest BCUT2D eigenvalue weighted by Crippen LogP contribution is -2.39. The zero-order chi connectivity index (χ0) is 32.7. The molecule has 0 bridgehead atoms. The molecule has 1 unspecified atom stereocenters. The van der Waals surface area contributed by atoms with Crippen molar-refractivity contribution in [2.45, 2.75) is 76.2 Å². The summed E-state index contributed by atoms with van der Waals surface area (Å²) < 4.78 is 10.9. The van der Waals surface area contributed by atoms with Crippen molar-refractivity contribution < 1.29 is 28.7 Å². The summed E-state index contributed by atoms with van der Waals surface area (Å²) in [6, 6.07) is 14.5. The lowest BCUT2D eigenvalue weighted by Gasteiger charge is -2.30. The molecule has 3 aromatic rings. The highest BCUT2D eigenvalue weighted by molar-refractivity contribution is 8.00. The van der Waals surface area contributed by atoms with Crippen LogP contribution < -0.4 is 10.6 Å². The minimum atomic E-state index is -0.628. The Morgan fingerprint density at radius 2 is 1.80 bits per heavy atom. The van der Waals surface area contributed by atoms with E-state index in [1.165, 1.54) is 23.1 Å². The molecule has 1 atom stereocenters. The molecule has 1 aliphatic heterocycles. The number of nitrogens with one attached hydrogen (secondary N) is 2. The molecule has 240 valence electrons. The number of halogens is 1. The van der Waals surface area contributed by atoms with Gasteiger partial charge in [-0.15, -0.1) is 23.1 Å². The normalized spacial score (nSPS) is 13.4. The van der Waals surface area contributed by atoms with E-state index < -0.39 is 22.9 Å². The molecule has 9 nitrogen and oxygen atoms in total. The van der Waals surface area contributed by atoms with Crippen molar-refractivity contribution in [1.29, 1.82) is 0 Å². The molecule has 4 rings (SSSR count). The van der Waals surface area contributed by atoms with Crippen molar-refractivity contribution in [1.82, 2.24) is 4.90 Å². The van der Waals surface area contributed by atoms with Crippen LogP contribution in [0.2, 0.25) is 5.02 Å². The maximum Gasteiger partial charge on any atom is 0.410 e. The first kappa shape index (κ1) is 34.3. The van der Waals surface area contributed by atoms with E-state index in [1.807, 2.05) is 58.0 Å². The second-order valence-electron chi connectivity index (χ2n) is 11.5. The van der Waals surface area contributed by atoms with Crippen LogP contribution in [0.25, 0.3) is 0 Å². The largest absolute Gasteiger partial charge is 0.462 e. The summed E-state index contributed by atoms with van der Waals surface area (Å²) in [5.74, 6) is -0.922. The number of fused-ring (bicyclic) bond motifs is 1. The van der Waals surface area contributed by atoms with Crippen LogP contribution in [0.4, 0.5) is 15.5 Å². The average molecular weight is 672 g/mol. The fraction of sp³-hybridized carbons (Fsp3) is 0.394. The van der Waals surface area contributed by atoms with Crippen LogP contribution in [-0.2, 0) is 38.4 Å². The van der Waals surface area contributed by atoms with E-state index in [4.69, 9.17) is 21.1 Å². The molecular formula is C33H38ClN3O6S2. The molecule has 2 aromatic carbocycles. The Labute approximate surface area is 277 Å². The molecule has 1 aromatic heterocycles. The van der Waals surface area contributed by atoms with Gasteiger partial charge in [0.25, 0.3) is 0 Å². The third-order valence-corrected chi connectivity index (χ3v) is 9.50. The van der Waals surface area contributed by atoms with Crippen molar-refractivity contribution in [3.63, 3.8) is 0 Å². The van der Waals surface area contributed by atoms with Crippen molar-refractivity contribution in [2.24, 2.45) is 0 Å². The fourth-order valence-electron chi connectivity index (χ4n) is 4.71. The fourth-order valence-corrected chi connectivity index (χ4v) is 7.11. The first-order valence-electron chi connectivity index (χ1n) is 14.8. The molecule has 45 heavy (non-hydrogen) atoms. The number of carbonyl (C=O) groups is 4. The molecule has 0 saturated heterocycles. The zero-order valence-electron chi connectivity index (χ0n) is 26.0. The Balaban J connectivity index is 1.46. The number of esters is 1. The Kier molecular flexibility index (Phi) is 11.6. The SMILES string of the molecule is CCOC(=O)c1c(NC(=O)C(CC)Sc2cccc(NC(=O)Cc3ccc(Cl)cc3)c2)sc2c1CCN(C(=O)OC(C)(C)C)C2. The van der Waals surface area contributed by atoms with Gasteiger partial charge in [0.2, 0.25) is 11.8 Å². The van der Waals surface area contributed by atoms with Crippen LogP contribution in [0.5, 0.6) is 0 Å². The minimum Gasteiger partial charge on any atom is -0.462 e. The Bertz CT molecular complexity index is 1550. The van der Waals surface area contributed by atoms with Crippen LogP contribution in [0.15, 0.2) is 53.4 Å². The molecule has 12 heteroatoms. The third kappa shape index (κ3) is 9.48. The molecule has 2 N–H and O–H groups in total. The number of hydrogen-bond donors (Lipinski definition) is 2. The van der Waals surface area contributed by atoms with E-state index in [0.717, 1.165) is 20.9 Å². The van der Waals surface area contributed by atoms with Gasteiger partial charge in [-0.3, -0.25) is 9.59 Å². The van der Waals surface area contributed by atoms with Gasteiger partial charge in [-0.05, 0) is 82.0 Å². The van der Waals surface area contributed by atoms with Crippen LogP contribution in [0.3, 0.4) is 0 Å². The smallest absolute Gasteiger partial charge is 0.410 e. The van der Waals surface area contributed by atoms with Crippen LogP contribution >= 0.6 is 34.7 Å². The third-order valence-electron chi connectivity index (χ3n) is 6.76. The number of thioether (sulfide) groups is 1. The molecule has 0 aliphatic carbocycles. The van der Waals surface area contributed by atoms with Gasteiger partial charge in [0.15, 0.2) is 0 Å². The summed E-state index contributed by atoms with van der Waals surface area (Å²) in [4.78, 5) is 55.2. The number of anilines is 2. The first-order valence-corrected chi connectivity index (χ1v) is 16.9.